The number of nitrogens with zero attached hydrogens (tertiary/aromatic N) is 5. The quantitative estimate of drug-likeness (QED) is 0.731. The Morgan fingerprint density at radius 1 is 1.20 bits per heavy atom. The molecule has 3 heterocycles. The third-order valence-corrected chi connectivity index (χ3v) is 6.20. The van der Waals surface area contributed by atoms with Crippen molar-refractivity contribution >= 4 is 17.5 Å². The van der Waals surface area contributed by atoms with Crippen LogP contribution < -0.4 is 14.5 Å². The number of carbonyl (C=O) groups is 1. The highest BCUT2D eigenvalue weighted by Crippen LogP contribution is 2.31. The molecule has 0 N–H and O–H groups in total. The fraction of sp³-hybridized carbons (Fsp3) is 0.522. The van der Waals surface area contributed by atoms with Gasteiger partial charge >= 0.3 is 0 Å². The van der Waals surface area contributed by atoms with Gasteiger partial charge in [-0.05, 0) is 30.5 Å². The minimum atomic E-state index is 0.0911. The second-order valence-corrected chi connectivity index (χ2v) is 8.11. The number of anilines is 2. The zero-order chi connectivity index (χ0) is 21.1. The molecule has 30 heavy (non-hydrogen) atoms. The molecular weight excluding hydrogens is 378 g/mol. The van der Waals surface area contributed by atoms with Gasteiger partial charge in [-0.2, -0.15) is 0 Å². The highest BCUT2D eigenvalue weighted by molar-refractivity contribution is 5.92. The van der Waals surface area contributed by atoms with Crippen molar-refractivity contribution in [1.29, 1.82) is 0 Å². The molecule has 2 aromatic rings. The first-order valence-electron chi connectivity index (χ1n) is 10.9. The topological polar surface area (TPSA) is 61.8 Å². The molecular formula is C23H31N5O2. The number of rotatable bonds is 6. The minimum absolute atomic E-state index is 0.0911. The minimum Gasteiger partial charge on any atom is -0.493 e. The van der Waals surface area contributed by atoms with E-state index in [9.17, 15) is 4.79 Å². The molecule has 4 rings (SSSR count). The summed E-state index contributed by atoms with van der Waals surface area (Å²) in [5.74, 6) is 1.87. The van der Waals surface area contributed by atoms with Crippen molar-refractivity contribution in [1.82, 2.24) is 14.9 Å². The number of hydrogen-bond donors (Lipinski definition) is 0. The Kier molecular flexibility index (Phi) is 6.18. The Morgan fingerprint density at radius 3 is 2.63 bits per heavy atom. The van der Waals surface area contributed by atoms with Gasteiger partial charge in [-0.1, -0.05) is 19.1 Å². The molecule has 0 spiro atoms. The summed E-state index contributed by atoms with van der Waals surface area (Å²) in [6.07, 6.45) is 5.88. The summed E-state index contributed by atoms with van der Waals surface area (Å²) in [5.41, 5.74) is 3.37. The number of amides is 1. The molecule has 1 unspecified atom stereocenters. The third kappa shape index (κ3) is 4.26. The fourth-order valence-corrected chi connectivity index (χ4v) is 4.14. The summed E-state index contributed by atoms with van der Waals surface area (Å²) >= 11 is 0. The molecule has 0 bridgehead atoms. The van der Waals surface area contributed by atoms with Gasteiger partial charge in [0.1, 0.15) is 5.75 Å². The van der Waals surface area contributed by atoms with Crippen LogP contribution in [0.15, 0.2) is 30.6 Å². The van der Waals surface area contributed by atoms with E-state index in [0.717, 1.165) is 63.0 Å². The van der Waals surface area contributed by atoms with Crippen LogP contribution in [0.25, 0.3) is 0 Å². The van der Waals surface area contributed by atoms with Crippen molar-refractivity contribution < 1.29 is 9.53 Å². The van der Waals surface area contributed by atoms with E-state index in [0.29, 0.717) is 12.5 Å². The first-order chi connectivity index (χ1) is 14.6. The highest BCUT2D eigenvalue weighted by Gasteiger charge is 2.25. The smallest absolute Gasteiger partial charge is 0.226 e. The van der Waals surface area contributed by atoms with Gasteiger partial charge in [0.25, 0.3) is 0 Å². The average molecular weight is 410 g/mol. The van der Waals surface area contributed by atoms with Gasteiger partial charge in [0.15, 0.2) is 0 Å². The van der Waals surface area contributed by atoms with Gasteiger partial charge in [-0.15, -0.1) is 0 Å². The predicted octanol–water partition coefficient (Wildman–Crippen LogP) is 3.06. The number of benzene rings is 1. The molecule has 0 aliphatic carbocycles. The van der Waals surface area contributed by atoms with Crippen molar-refractivity contribution in [3.05, 3.63) is 41.7 Å². The van der Waals surface area contributed by atoms with Gasteiger partial charge in [0, 0.05) is 52.1 Å². The third-order valence-electron chi connectivity index (χ3n) is 6.20. The molecule has 0 saturated carbocycles. The maximum Gasteiger partial charge on any atom is 0.226 e. The van der Waals surface area contributed by atoms with Crippen LogP contribution in [0.5, 0.6) is 5.75 Å². The van der Waals surface area contributed by atoms with Crippen LogP contribution >= 0.6 is 0 Å². The van der Waals surface area contributed by atoms with Crippen LogP contribution in [0.3, 0.4) is 0 Å². The average Bonchev–Trinajstić information content (AvgIpc) is 3.26. The highest BCUT2D eigenvalue weighted by atomic mass is 16.5. The van der Waals surface area contributed by atoms with Crippen molar-refractivity contribution in [2.24, 2.45) is 0 Å². The molecule has 160 valence electrons. The molecule has 1 aromatic heterocycles. The summed E-state index contributed by atoms with van der Waals surface area (Å²) in [6.45, 7) is 8.75. The second-order valence-electron chi connectivity index (χ2n) is 8.11. The summed E-state index contributed by atoms with van der Waals surface area (Å²) in [7, 11) is 1.78. The Labute approximate surface area is 178 Å². The van der Waals surface area contributed by atoms with Crippen LogP contribution in [0.4, 0.5) is 11.6 Å². The van der Waals surface area contributed by atoms with Crippen molar-refractivity contribution in [2.75, 3.05) is 49.6 Å². The van der Waals surface area contributed by atoms with Gasteiger partial charge in [-0.25, -0.2) is 9.97 Å². The lowest BCUT2D eigenvalue weighted by Gasteiger charge is -2.38. The maximum atomic E-state index is 12.1. The van der Waals surface area contributed by atoms with E-state index in [4.69, 9.17) is 4.74 Å². The Hall–Kier alpha value is -2.67. The number of hydrogen-bond acceptors (Lipinski definition) is 6. The van der Waals surface area contributed by atoms with E-state index in [1.54, 1.807) is 24.3 Å². The molecule has 1 amide bonds. The lowest BCUT2D eigenvalue weighted by Crippen LogP contribution is -2.47. The predicted molar refractivity (Wildman–Crippen MR) is 118 cm³/mol. The first-order valence-corrected chi connectivity index (χ1v) is 10.9. The zero-order valence-corrected chi connectivity index (χ0v) is 18.2. The number of piperazine rings is 1. The Bertz CT molecular complexity index is 878. The Morgan fingerprint density at radius 2 is 1.93 bits per heavy atom. The zero-order valence-electron chi connectivity index (χ0n) is 18.2. The molecule has 1 atom stereocenters. The molecule has 2 aliphatic heterocycles. The fourth-order valence-electron chi connectivity index (χ4n) is 4.14. The van der Waals surface area contributed by atoms with Gasteiger partial charge in [-0.3, -0.25) is 9.69 Å². The molecule has 1 aromatic carbocycles. The summed E-state index contributed by atoms with van der Waals surface area (Å²) < 4.78 is 5.74. The molecule has 0 radical (unpaired) electrons. The number of carbonyl (C=O) groups excluding carboxylic acids is 1. The second kappa shape index (κ2) is 9.00. The van der Waals surface area contributed by atoms with Crippen LogP contribution in [0, 0.1) is 0 Å². The molecule has 1 saturated heterocycles. The van der Waals surface area contributed by atoms with Gasteiger partial charge in [0.2, 0.25) is 11.9 Å². The molecule has 7 nitrogen and oxygen atoms in total. The van der Waals surface area contributed by atoms with Crippen LogP contribution in [-0.2, 0) is 11.2 Å². The van der Waals surface area contributed by atoms with E-state index in [2.05, 4.69) is 44.9 Å². The van der Waals surface area contributed by atoms with Gasteiger partial charge in [0.05, 0.1) is 24.7 Å². The largest absolute Gasteiger partial charge is 0.493 e. The van der Waals surface area contributed by atoms with Crippen molar-refractivity contribution in [3.63, 3.8) is 0 Å². The maximum absolute atomic E-state index is 12.1. The van der Waals surface area contributed by atoms with E-state index < -0.39 is 0 Å². The molecule has 2 aliphatic rings. The Balaban J connectivity index is 1.34. The van der Waals surface area contributed by atoms with Crippen LogP contribution in [-0.4, -0.2) is 60.6 Å². The molecule has 7 heteroatoms. The monoisotopic (exact) mass is 409 g/mol. The van der Waals surface area contributed by atoms with Crippen LogP contribution in [0.1, 0.15) is 43.9 Å². The van der Waals surface area contributed by atoms with E-state index in [1.165, 1.54) is 11.1 Å². The lowest BCUT2D eigenvalue weighted by molar-refractivity contribution is -0.118. The normalized spacial score (nSPS) is 17.4. The van der Waals surface area contributed by atoms with Gasteiger partial charge < -0.3 is 14.5 Å². The standard InChI is InChI=1S/C23H31N5O2/c1-4-5-22(29)26(3)20-15-24-23(25-16-20)28-11-9-27(10-12-28)17(2)19-7-6-18-8-13-30-21(18)14-19/h6-7,14-17H,4-5,8-13H2,1-3H3. The summed E-state index contributed by atoms with van der Waals surface area (Å²) in [4.78, 5) is 27.4. The lowest BCUT2D eigenvalue weighted by atomic mass is 10.0. The van der Waals surface area contributed by atoms with Crippen molar-refractivity contribution in [2.45, 2.75) is 39.2 Å². The van der Waals surface area contributed by atoms with Crippen molar-refractivity contribution in [3.8, 4) is 5.75 Å². The summed E-state index contributed by atoms with van der Waals surface area (Å²) in [5, 5.41) is 0. The number of aromatic nitrogens is 2. The van der Waals surface area contributed by atoms with E-state index in [-0.39, 0.29) is 5.91 Å². The van der Waals surface area contributed by atoms with Crippen LogP contribution in [0.2, 0.25) is 0 Å². The SMILES string of the molecule is CCCC(=O)N(C)c1cnc(N2CCN(C(C)c3ccc4c(c3)OCC4)CC2)nc1. The number of fused-ring (bicyclic) bond motifs is 1. The number of ether oxygens (including phenoxy) is 1. The van der Waals surface area contributed by atoms with E-state index >= 15 is 0 Å². The first kappa shape index (κ1) is 20.6. The van der Waals surface area contributed by atoms with E-state index in [1.807, 2.05) is 6.92 Å². The molecule has 1 fully saturated rings. The summed E-state index contributed by atoms with van der Waals surface area (Å²) in [6, 6.07) is 7.01.